The van der Waals surface area contributed by atoms with Crippen molar-refractivity contribution in [3.63, 3.8) is 0 Å². The monoisotopic (exact) mass is 327 g/mol. The van der Waals surface area contributed by atoms with Gasteiger partial charge in [0.2, 0.25) is 9.47 Å². The van der Waals surface area contributed by atoms with Crippen LogP contribution in [0.1, 0.15) is 5.56 Å². The van der Waals surface area contributed by atoms with E-state index in [1.165, 1.54) is 0 Å². The second-order valence-corrected chi connectivity index (χ2v) is 4.43. The fraction of sp³-hybridized carbons (Fsp3) is 0.100. The smallest absolute Gasteiger partial charge is 0.201 e. The molecule has 0 aliphatic rings. The van der Waals surface area contributed by atoms with Crippen LogP contribution < -0.4 is 0 Å². The Labute approximate surface area is 104 Å². The average molecular weight is 329 g/mol. The standard InChI is InChI=1S/C10H7Br2N3/c1-6-4-2-3-5-7(6)8-13-9(11)15-10(12)14-8/h2-5H,1H3. The van der Waals surface area contributed by atoms with Crippen LogP contribution in [-0.4, -0.2) is 15.0 Å². The van der Waals surface area contributed by atoms with Gasteiger partial charge in [-0.15, -0.1) is 0 Å². The summed E-state index contributed by atoms with van der Waals surface area (Å²) in [6.07, 6.45) is 0. The first kappa shape index (κ1) is 10.7. The molecule has 5 heteroatoms. The Kier molecular flexibility index (Phi) is 3.11. The van der Waals surface area contributed by atoms with Gasteiger partial charge in [-0.1, -0.05) is 24.3 Å². The van der Waals surface area contributed by atoms with E-state index in [2.05, 4.69) is 46.8 Å². The summed E-state index contributed by atoms with van der Waals surface area (Å²) in [5.74, 6) is 0.668. The number of nitrogens with zero attached hydrogens (tertiary/aromatic N) is 3. The van der Waals surface area contributed by atoms with Crippen molar-refractivity contribution < 1.29 is 0 Å². The third kappa shape index (κ3) is 2.41. The maximum atomic E-state index is 4.23. The molecule has 0 spiro atoms. The molecule has 0 amide bonds. The van der Waals surface area contributed by atoms with Gasteiger partial charge in [0.15, 0.2) is 5.82 Å². The first-order valence-corrected chi connectivity index (χ1v) is 5.88. The van der Waals surface area contributed by atoms with Gasteiger partial charge in [-0.25, -0.2) is 9.97 Å². The van der Waals surface area contributed by atoms with Crippen molar-refractivity contribution >= 4 is 31.9 Å². The largest absolute Gasteiger partial charge is 0.202 e. The minimum atomic E-state index is 0.530. The van der Waals surface area contributed by atoms with E-state index in [0.717, 1.165) is 11.1 Å². The van der Waals surface area contributed by atoms with E-state index < -0.39 is 0 Å². The van der Waals surface area contributed by atoms with Crippen molar-refractivity contribution in [1.82, 2.24) is 15.0 Å². The van der Waals surface area contributed by atoms with Crippen LogP contribution in [0.15, 0.2) is 33.7 Å². The number of benzene rings is 1. The molecule has 0 bridgehead atoms. The topological polar surface area (TPSA) is 38.7 Å². The summed E-state index contributed by atoms with van der Waals surface area (Å²) in [6.45, 7) is 2.03. The van der Waals surface area contributed by atoms with E-state index in [0.29, 0.717) is 15.3 Å². The van der Waals surface area contributed by atoms with Crippen molar-refractivity contribution in [3.8, 4) is 11.4 Å². The van der Waals surface area contributed by atoms with Gasteiger partial charge >= 0.3 is 0 Å². The van der Waals surface area contributed by atoms with Crippen molar-refractivity contribution in [1.29, 1.82) is 0 Å². The molecule has 0 unspecified atom stereocenters. The average Bonchev–Trinajstić information content (AvgIpc) is 2.16. The van der Waals surface area contributed by atoms with Gasteiger partial charge in [0, 0.05) is 5.56 Å². The van der Waals surface area contributed by atoms with Gasteiger partial charge in [-0.3, -0.25) is 0 Å². The number of aryl methyl sites for hydroxylation is 1. The van der Waals surface area contributed by atoms with Crippen molar-refractivity contribution in [2.24, 2.45) is 0 Å². The minimum Gasteiger partial charge on any atom is -0.202 e. The van der Waals surface area contributed by atoms with Crippen LogP contribution in [0.2, 0.25) is 0 Å². The van der Waals surface area contributed by atoms with Gasteiger partial charge in [-0.2, -0.15) is 4.98 Å². The predicted octanol–water partition coefficient (Wildman–Crippen LogP) is 3.37. The molecule has 1 heterocycles. The highest BCUT2D eigenvalue weighted by molar-refractivity contribution is 9.11. The van der Waals surface area contributed by atoms with Crippen LogP contribution in [0, 0.1) is 6.92 Å². The van der Waals surface area contributed by atoms with Crippen LogP contribution in [0.3, 0.4) is 0 Å². The Morgan fingerprint density at radius 1 is 0.933 bits per heavy atom. The zero-order valence-electron chi connectivity index (χ0n) is 7.91. The molecule has 76 valence electrons. The quantitative estimate of drug-likeness (QED) is 0.805. The molecule has 0 N–H and O–H groups in total. The lowest BCUT2D eigenvalue weighted by Gasteiger charge is -2.03. The van der Waals surface area contributed by atoms with Gasteiger partial charge in [-0.05, 0) is 44.3 Å². The summed E-state index contributed by atoms with van der Waals surface area (Å²) in [6, 6.07) is 7.97. The Balaban J connectivity index is 2.59. The van der Waals surface area contributed by atoms with E-state index in [4.69, 9.17) is 0 Å². The van der Waals surface area contributed by atoms with E-state index in [9.17, 15) is 0 Å². The van der Waals surface area contributed by atoms with E-state index >= 15 is 0 Å². The molecule has 0 aliphatic heterocycles. The summed E-state index contributed by atoms with van der Waals surface area (Å²) in [5.41, 5.74) is 2.16. The van der Waals surface area contributed by atoms with Crippen molar-refractivity contribution in [2.75, 3.05) is 0 Å². The van der Waals surface area contributed by atoms with Gasteiger partial charge in [0.1, 0.15) is 0 Å². The Morgan fingerprint density at radius 3 is 2.13 bits per heavy atom. The van der Waals surface area contributed by atoms with E-state index in [-0.39, 0.29) is 0 Å². The van der Waals surface area contributed by atoms with E-state index in [1.54, 1.807) is 0 Å². The maximum Gasteiger partial charge on any atom is 0.201 e. The Bertz CT molecular complexity index is 480. The van der Waals surface area contributed by atoms with Gasteiger partial charge in [0.05, 0.1) is 0 Å². The molecule has 0 atom stereocenters. The van der Waals surface area contributed by atoms with E-state index in [1.807, 2.05) is 31.2 Å². The first-order valence-electron chi connectivity index (χ1n) is 4.30. The molecule has 0 saturated heterocycles. The third-order valence-corrected chi connectivity index (χ3v) is 2.68. The fourth-order valence-electron chi connectivity index (χ4n) is 1.27. The summed E-state index contributed by atoms with van der Waals surface area (Å²) >= 11 is 6.49. The maximum absolute atomic E-state index is 4.23. The second kappa shape index (κ2) is 4.37. The number of hydrogen-bond donors (Lipinski definition) is 0. The predicted molar refractivity (Wildman–Crippen MR) is 65.4 cm³/mol. The highest BCUT2D eigenvalue weighted by atomic mass is 79.9. The van der Waals surface area contributed by atoms with Crippen LogP contribution in [0.4, 0.5) is 0 Å². The fourth-order valence-corrected chi connectivity index (χ4v) is 2.18. The number of aromatic nitrogens is 3. The van der Waals surface area contributed by atoms with Gasteiger partial charge in [0.25, 0.3) is 0 Å². The molecule has 0 fully saturated rings. The zero-order chi connectivity index (χ0) is 10.8. The Hall–Kier alpha value is -0.810. The van der Waals surface area contributed by atoms with Crippen LogP contribution >= 0.6 is 31.9 Å². The van der Waals surface area contributed by atoms with Crippen LogP contribution in [0.25, 0.3) is 11.4 Å². The lowest BCUT2D eigenvalue weighted by atomic mass is 10.1. The number of halogens is 2. The second-order valence-electron chi connectivity index (χ2n) is 3.01. The summed E-state index contributed by atoms with van der Waals surface area (Å²) < 4.78 is 1.06. The number of rotatable bonds is 1. The van der Waals surface area contributed by atoms with Crippen LogP contribution in [0.5, 0.6) is 0 Å². The molecular weight excluding hydrogens is 322 g/mol. The molecule has 0 aliphatic carbocycles. The molecule has 1 aromatic heterocycles. The SMILES string of the molecule is Cc1ccccc1-c1nc(Br)nc(Br)n1. The Morgan fingerprint density at radius 2 is 1.53 bits per heavy atom. The third-order valence-electron chi connectivity index (χ3n) is 1.97. The number of hydrogen-bond acceptors (Lipinski definition) is 3. The highest BCUT2D eigenvalue weighted by Crippen LogP contribution is 2.21. The molecular formula is C10H7Br2N3. The first-order chi connectivity index (χ1) is 7.16. The molecule has 2 aromatic rings. The minimum absolute atomic E-state index is 0.530. The molecule has 0 radical (unpaired) electrons. The molecule has 3 nitrogen and oxygen atoms in total. The summed E-state index contributed by atoms with van der Waals surface area (Å²) in [5, 5.41) is 0. The lowest BCUT2D eigenvalue weighted by molar-refractivity contribution is 0.982. The highest BCUT2D eigenvalue weighted by Gasteiger charge is 2.07. The zero-order valence-corrected chi connectivity index (χ0v) is 11.1. The van der Waals surface area contributed by atoms with Crippen molar-refractivity contribution in [2.45, 2.75) is 6.92 Å². The van der Waals surface area contributed by atoms with Gasteiger partial charge < -0.3 is 0 Å². The molecule has 2 rings (SSSR count). The lowest BCUT2D eigenvalue weighted by Crippen LogP contribution is -1.95. The van der Waals surface area contributed by atoms with Crippen LogP contribution in [-0.2, 0) is 0 Å². The molecule has 0 saturated carbocycles. The summed E-state index contributed by atoms with van der Waals surface area (Å²) in [4.78, 5) is 12.5. The normalized spacial score (nSPS) is 10.3. The molecule has 15 heavy (non-hydrogen) atoms. The summed E-state index contributed by atoms with van der Waals surface area (Å²) in [7, 11) is 0. The van der Waals surface area contributed by atoms with Crippen molar-refractivity contribution in [3.05, 3.63) is 39.3 Å². The molecule has 1 aromatic carbocycles.